The van der Waals surface area contributed by atoms with Crippen molar-refractivity contribution in [2.24, 2.45) is 0 Å². The van der Waals surface area contributed by atoms with Crippen LogP contribution in [0.1, 0.15) is 11.1 Å². The third kappa shape index (κ3) is 3.43. The minimum atomic E-state index is -0.202. The normalized spacial score (nSPS) is 21.0. The molecule has 1 aliphatic rings. The van der Waals surface area contributed by atoms with Crippen LogP contribution in [-0.2, 0) is 17.7 Å². The first kappa shape index (κ1) is 15.3. The van der Waals surface area contributed by atoms with E-state index in [-0.39, 0.29) is 18.2 Å². The highest BCUT2D eigenvalue weighted by atomic mass is 127. The topological polar surface area (TPSA) is 29.5 Å². The molecular formula is C18H18INO2. The summed E-state index contributed by atoms with van der Waals surface area (Å²) in [6.45, 7) is 0.602. The van der Waals surface area contributed by atoms with Crippen LogP contribution in [0, 0.1) is 0 Å². The quantitative estimate of drug-likeness (QED) is 0.553. The van der Waals surface area contributed by atoms with Crippen LogP contribution in [0.3, 0.4) is 0 Å². The zero-order valence-corrected chi connectivity index (χ0v) is 14.3. The third-order valence-electron chi connectivity index (χ3n) is 3.95. The van der Waals surface area contributed by atoms with Crippen LogP contribution in [0.15, 0.2) is 60.7 Å². The molecule has 114 valence electrons. The van der Waals surface area contributed by atoms with E-state index >= 15 is 0 Å². The van der Waals surface area contributed by atoms with E-state index in [0.29, 0.717) is 6.54 Å². The molecule has 2 aromatic carbocycles. The Labute approximate surface area is 144 Å². The monoisotopic (exact) mass is 407 g/mol. The molecule has 0 unspecified atom stereocenters. The van der Waals surface area contributed by atoms with Gasteiger partial charge in [0.05, 0.1) is 6.04 Å². The summed E-state index contributed by atoms with van der Waals surface area (Å²) in [6, 6.07) is 20.5. The number of alkyl halides is 1. The van der Waals surface area contributed by atoms with Gasteiger partial charge in [-0.25, -0.2) is 4.79 Å². The molecule has 4 heteroatoms. The van der Waals surface area contributed by atoms with E-state index in [9.17, 15) is 4.79 Å². The Morgan fingerprint density at radius 2 is 1.55 bits per heavy atom. The van der Waals surface area contributed by atoms with Crippen LogP contribution < -0.4 is 0 Å². The van der Waals surface area contributed by atoms with Crippen molar-refractivity contribution in [3.63, 3.8) is 0 Å². The van der Waals surface area contributed by atoms with E-state index in [0.717, 1.165) is 16.4 Å². The number of rotatable bonds is 5. The summed E-state index contributed by atoms with van der Waals surface area (Å²) in [5.41, 5.74) is 2.37. The second-order valence-electron chi connectivity index (χ2n) is 5.45. The molecule has 0 aliphatic carbocycles. The van der Waals surface area contributed by atoms with Crippen LogP contribution in [0.25, 0.3) is 0 Å². The lowest BCUT2D eigenvalue weighted by Gasteiger charge is -2.24. The molecule has 0 aromatic heterocycles. The first-order chi connectivity index (χ1) is 10.8. The molecule has 0 bridgehead atoms. The first-order valence-electron chi connectivity index (χ1n) is 7.39. The second-order valence-corrected chi connectivity index (χ2v) is 6.33. The Hall–Kier alpha value is -1.56. The lowest BCUT2D eigenvalue weighted by molar-refractivity contribution is 0.139. The smallest absolute Gasteiger partial charge is 0.410 e. The van der Waals surface area contributed by atoms with Gasteiger partial charge in [0.25, 0.3) is 0 Å². The SMILES string of the molecule is O=C1O[C@H](CI)[C@@H](Cc2ccccc2)N1Cc1ccccc1. The van der Waals surface area contributed by atoms with Gasteiger partial charge in [-0.3, -0.25) is 4.90 Å². The summed E-state index contributed by atoms with van der Waals surface area (Å²) in [5, 5.41) is 0. The van der Waals surface area contributed by atoms with Crippen LogP contribution in [0.4, 0.5) is 4.79 Å². The number of nitrogens with zero attached hydrogens (tertiary/aromatic N) is 1. The minimum absolute atomic E-state index is 0.0444. The maximum Gasteiger partial charge on any atom is 0.410 e. The Morgan fingerprint density at radius 1 is 0.955 bits per heavy atom. The minimum Gasteiger partial charge on any atom is -0.443 e. The Bertz CT molecular complexity index is 617. The lowest BCUT2D eigenvalue weighted by atomic mass is 10.0. The fraction of sp³-hybridized carbons (Fsp3) is 0.278. The highest BCUT2D eigenvalue weighted by molar-refractivity contribution is 14.1. The van der Waals surface area contributed by atoms with Crippen molar-refractivity contribution in [3.8, 4) is 0 Å². The van der Waals surface area contributed by atoms with Crippen molar-refractivity contribution in [2.75, 3.05) is 4.43 Å². The standard InChI is InChI=1S/C18H18INO2/c19-12-17-16(11-14-7-3-1-4-8-14)20(18(21)22-17)13-15-9-5-2-6-10-15/h1-10,16-17H,11-13H2/t16-,17-/m1/s1. The molecule has 3 nitrogen and oxygen atoms in total. The number of carbonyl (C=O) groups excluding carboxylic acids is 1. The molecule has 0 saturated carbocycles. The number of hydrogen-bond acceptors (Lipinski definition) is 2. The van der Waals surface area contributed by atoms with Crippen molar-refractivity contribution in [1.29, 1.82) is 0 Å². The van der Waals surface area contributed by atoms with E-state index < -0.39 is 0 Å². The molecule has 0 radical (unpaired) electrons. The van der Waals surface area contributed by atoms with Gasteiger partial charge in [-0.05, 0) is 17.5 Å². The first-order valence-corrected chi connectivity index (χ1v) is 8.91. The molecular weight excluding hydrogens is 389 g/mol. The number of hydrogen-bond donors (Lipinski definition) is 0. The zero-order chi connectivity index (χ0) is 15.4. The van der Waals surface area contributed by atoms with Crippen LogP contribution in [0.5, 0.6) is 0 Å². The van der Waals surface area contributed by atoms with Gasteiger partial charge in [-0.15, -0.1) is 0 Å². The zero-order valence-electron chi connectivity index (χ0n) is 12.2. The summed E-state index contributed by atoms with van der Waals surface area (Å²) in [7, 11) is 0. The molecule has 1 heterocycles. The van der Waals surface area contributed by atoms with E-state index in [4.69, 9.17) is 4.74 Å². The average molecular weight is 407 g/mol. The molecule has 3 rings (SSSR count). The Balaban J connectivity index is 1.80. The highest BCUT2D eigenvalue weighted by Crippen LogP contribution is 2.26. The van der Waals surface area contributed by atoms with E-state index in [1.54, 1.807) is 0 Å². The highest BCUT2D eigenvalue weighted by Gasteiger charge is 2.40. The second kappa shape index (κ2) is 7.13. The summed E-state index contributed by atoms with van der Waals surface area (Å²) < 4.78 is 6.37. The lowest BCUT2D eigenvalue weighted by Crippen LogP contribution is -2.38. The van der Waals surface area contributed by atoms with E-state index in [2.05, 4.69) is 34.7 Å². The molecule has 0 spiro atoms. The van der Waals surface area contributed by atoms with Gasteiger partial charge < -0.3 is 4.74 Å². The molecule has 1 aliphatic heterocycles. The van der Waals surface area contributed by atoms with Crippen LogP contribution in [0.2, 0.25) is 0 Å². The largest absolute Gasteiger partial charge is 0.443 e. The molecule has 2 aromatic rings. The fourth-order valence-electron chi connectivity index (χ4n) is 2.81. The van der Waals surface area contributed by atoms with Gasteiger partial charge in [0.15, 0.2) is 0 Å². The number of cyclic esters (lactones) is 1. The van der Waals surface area contributed by atoms with Gasteiger partial charge in [0.1, 0.15) is 6.10 Å². The molecule has 1 fully saturated rings. The van der Waals surface area contributed by atoms with E-state index in [1.165, 1.54) is 5.56 Å². The van der Waals surface area contributed by atoms with Gasteiger partial charge in [0, 0.05) is 11.0 Å². The van der Waals surface area contributed by atoms with Crippen molar-refractivity contribution in [2.45, 2.75) is 25.1 Å². The average Bonchev–Trinajstić information content (AvgIpc) is 2.85. The molecule has 22 heavy (non-hydrogen) atoms. The van der Waals surface area contributed by atoms with Crippen LogP contribution in [-0.4, -0.2) is 27.6 Å². The maximum atomic E-state index is 12.2. The summed E-state index contributed by atoms with van der Waals surface area (Å²) >= 11 is 2.29. The Kier molecular flexibility index (Phi) is 4.97. The van der Waals surface area contributed by atoms with E-state index in [1.807, 2.05) is 53.4 Å². The van der Waals surface area contributed by atoms with Crippen molar-refractivity contribution in [3.05, 3.63) is 71.8 Å². The number of amides is 1. The number of ether oxygens (including phenoxy) is 1. The molecule has 2 atom stereocenters. The number of halogens is 1. The van der Waals surface area contributed by atoms with Crippen molar-refractivity contribution >= 4 is 28.7 Å². The molecule has 1 amide bonds. The summed E-state index contributed by atoms with van der Waals surface area (Å²) in [5.74, 6) is 0. The van der Waals surface area contributed by atoms with Gasteiger partial charge in [0.2, 0.25) is 0 Å². The van der Waals surface area contributed by atoms with Gasteiger partial charge in [-0.2, -0.15) is 0 Å². The van der Waals surface area contributed by atoms with Gasteiger partial charge >= 0.3 is 6.09 Å². The number of carbonyl (C=O) groups is 1. The maximum absolute atomic E-state index is 12.2. The Morgan fingerprint density at radius 3 is 2.14 bits per heavy atom. The third-order valence-corrected chi connectivity index (χ3v) is 4.82. The predicted octanol–water partition coefficient (Wildman–Crippen LogP) is 4.05. The van der Waals surface area contributed by atoms with Gasteiger partial charge in [-0.1, -0.05) is 83.3 Å². The predicted molar refractivity (Wildman–Crippen MR) is 95.1 cm³/mol. The summed E-state index contributed by atoms with van der Waals surface area (Å²) in [6.07, 6.45) is 0.580. The van der Waals surface area contributed by atoms with Crippen molar-refractivity contribution in [1.82, 2.24) is 4.90 Å². The molecule has 0 N–H and O–H groups in total. The fourth-order valence-corrected chi connectivity index (χ4v) is 3.57. The summed E-state index contributed by atoms with van der Waals surface area (Å²) in [4.78, 5) is 14.1. The van der Waals surface area contributed by atoms with Crippen molar-refractivity contribution < 1.29 is 9.53 Å². The molecule has 1 saturated heterocycles. The number of benzene rings is 2. The van der Waals surface area contributed by atoms with Crippen LogP contribution >= 0.6 is 22.6 Å².